The maximum absolute atomic E-state index is 13.4. The lowest BCUT2D eigenvalue weighted by Gasteiger charge is -2.20. The molecule has 1 amide bonds. The van der Waals surface area contributed by atoms with Crippen molar-refractivity contribution in [2.45, 2.75) is 12.5 Å². The number of hydrogen-bond acceptors (Lipinski definition) is 4. The monoisotopic (exact) mass is 461 g/mol. The Balaban J connectivity index is 1.86. The number of ether oxygens (including phenoxy) is 2. The molecule has 1 heterocycles. The summed E-state index contributed by atoms with van der Waals surface area (Å²) in [5, 5.41) is 3.00. The van der Waals surface area contributed by atoms with Gasteiger partial charge in [0.25, 0.3) is 0 Å². The van der Waals surface area contributed by atoms with Gasteiger partial charge in [0.05, 0.1) is 20.6 Å². The molecule has 2 aromatic carbocycles. The topological polar surface area (TPSA) is 65.4 Å². The molecular formula is C21H21BrFN3O3. The number of rotatable bonds is 7. The molecule has 0 spiro atoms. The fourth-order valence-electron chi connectivity index (χ4n) is 3.02. The fraction of sp³-hybridized carbons (Fsp3) is 0.238. The molecule has 3 aromatic rings. The fourth-order valence-corrected chi connectivity index (χ4v) is 3.49. The Morgan fingerprint density at radius 3 is 2.45 bits per heavy atom. The van der Waals surface area contributed by atoms with E-state index >= 15 is 0 Å². The van der Waals surface area contributed by atoms with Gasteiger partial charge in [-0.05, 0) is 35.4 Å². The van der Waals surface area contributed by atoms with Gasteiger partial charge in [-0.2, -0.15) is 0 Å². The van der Waals surface area contributed by atoms with Crippen molar-refractivity contribution >= 4 is 21.8 Å². The summed E-state index contributed by atoms with van der Waals surface area (Å²) in [5.74, 6) is 1.21. The Morgan fingerprint density at radius 1 is 1.21 bits per heavy atom. The molecule has 1 aromatic heterocycles. The molecule has 0 saturated heterocycles. The number of imidazole rings is 1. The van der Waals surface area contributed by atoms with Crippen molar-refractivity contribution in [1.82, 2.24) is 14.9 Å². The number of aromatic nitrogens is 2. The van der Waals surface area contributed by atoms with E-state index in [9.17, 15) is 9.18 Å². The molecule has 8 heteroatoms. The van der Waals surface area contributed by atoms with Gasteiger partial charge in [0.2, 0.25) is 5.91 Å². The van der Waals surface area contributed by atoms with Crippen LogP contribution in [0.3, 0.4) is 0 Å². The second-order valence-corrected chi connectivity index (χ2v) is 7.28. The summed E-state index contributed by atoms with van der Waals surface area (Å²) >= 11 is 3.48. The van der Waals surface area contributed by atoms with Crippen molar-refractivity contribution in [2.75, 3.05) is 14.2 Å². The molecule has 3 rings (SSSR count). The molecule has 0 fully saturated rings. The minimum Gasteiger partial charge on any atom is -0.493 e. The van der Waals surface area contributed by atoms with Crippen LogP contribution in [0.4, 0.5) is 4.39 Å². The highest BCUT2D eigenvalue weighted by Gasteiger charge is 2.22. The van der Waals surface area contributed by atoms with E-state index in [1.54, 1.807) is 50.9 Å². The lowest BCUT2D eigenvalue weighted by atomic mass is 10.0. The van der Waals surface area contributed by atoms with Gasteiger partial charge in [0, 0.05) is 23.9 Å². The van der Waals surface area contributed by atoms with Crippen LogP contribution >= 0.6 is 15.9 Å². The molecule has 0 bridgehead atoms. The van der Waals surface area contributed by atoms with Gasteiger partial charge in [0.15, 0.2) is 11.5 Å². The van der Waals surface area contributed by atoms with E-state index in [1.165, 1.54) is 12.1 Å². The number of carbonyl (C=O) groups is 1. The van der Waals surface area contributed by atoms with Gasteiger partial charge in [-0.25, -0.2) is 9.37 Å². The summed E-state index contributed by atoms with van der Waals surface area (Å²) < 4.78 is 26.5. The minimum absolute atomic E-state index is 0.114. The van der Waals surface area contributed by atoms with Gasteiger partial charge in [0.1, 0.15) is 17.7 Å². The highest BCUT2D eigenvalue weighted by molar-refractivity contribution is 9.10. The van der Waals surface area contributed by atoms with Crippen LogP contribution in [-0.4, -0.2) is 29.7 Å². The van der Waals surface area contributed by atoms with E-state index in [1.807, 2.05) is 11.6 Å². The van der Waals surface area contributed by atoms with Crippen molar-refractivity contribution < 1.29 is 18.7 Å². The van der Waals surface area contributed by atoms with Crippen LogP contribution in [0.15, 0.2) is 53.3 Å². The Labute approximate surface area is 176 Å². The molecule has 0 aliphatic carbocycles. The highest BCUT2D eigenvalue weighted by Crippen LogP contribution is 2.33. The summed E-state index contributed by atoms with van der Waals surface area (Å²) in [6, 6.07) is 9.02. The Bertz CT molecular complexity index is 1000. The van der Waals surface area contributed by atoms with E-state index in [4.69, 9.17) is 9.47 Å². The number of benzene rings is 2. The van der Waals surface area contributed by atoms with Crippen molar-refractivity contribution in [1.29, 1.82) is 0 Å². The molecule has 1 unspecified atom stereocenters. The van der Waals surface area contributed by atoms with Crippen LogP contribution < -0.4 is 14.8 Å². The zero-order valence-corrected chi connectivity index (χ0v) is 17.9. The van der Waals surface area contributed by atoms with Gasteiger partial charge in [-0.3, -0.25) is 4.79 Å². The van der Waals surface area contributed by atoms with Crippen molar-refractivity contribution in [3.63, 3.8) is 0 Å². The molecule has 29 heavy (non-hydrogen) atoms. The number of carbonyl (C=O) groups excluding carboxylic acids is 1. The summed E-state index contributed by atoms with van der Waals surface area (Å²) in [6.07, 6.45) is 3.56. The van der Waals surface area contributed by atoms with Crippen LogP contribution in [0, 0.1) is 5.82 Å². The average Bonchev–Trinajstić information content (AvgIpc) is 3.13. The Kier molecular flexibility index (Phi) is 6.53. The molecule has 0 aliphatic rings. The lowest BCUT2D eigenvalue weighted by Crippen LogP contribution is -2.32. The van der Waals surface area contributed by atoms with E-state index < -0.39 is 6.04 Å². The zero-order valence-electron chi connectivity index (χ0n) is 16.3. The standard InChI is InChI=1S/C21H21BrFN3O3/c1-26-9-8-24-21(26)20(13-4-6-15(23)7-5-13)25-19(27)11-14-10-17(28-2)18(29-3)12-16(14)22/h4-10,12,20H,11H2,1-3H3,(H,25,27). The van der Waals surface area contributed by atoms with Crippen LogP contribution in [0.25, 0.3) is 0 Å². The lowest BCUT2D eigenvalue weighted by molar-refractivity contribution is -0.121. The van der Waals surface area contributed by atoms with Gasteiger partial charge >= 0.3 is 0 Å². The van der Waals surface area contributed by atoms with Crippen molar-refractivity contribution in [2.24, 2.45) is 7.05 Å². The summed E-state index contributed by atoms with van der Waals surface area (Å²) in [5.41, 5.74) is 1.48. The number of amides is 1. The molecule has 0 aliphatic heterocycles. The Hall–Kier alpha value is -2.87. The number of methoxy groups -OCH3 is 2. The number of nitrogens with zero attached hydrogens (tertiary/aromatic N) is 2. The van der Waals surface area contributed by atoms with E-state index in [0.717, 1.165) is 15.6 Å². The maximum Gasteiger partial charge on any atom is 0.225 e. The van der Waals surface area contributed by atoms with Crippen LogP contribution in [-0.2, 0) is 18.3 Å². The number of hydrogen-bond donors (Lipinski definition) is 1. The van der Waals surface area contributed by atoms with Gasteiger partial charge < -0.3 is 19.4 Å². The van der Waals surface area contributed by atoms with E-state index in [0.29, 0.717) is 17.3 Å². The molecule has 1 atom stereocenters. The van der Waals surface area contributed by atoms with Crippen LogP contribution in [0.5, 0.6) is 11.5 Å². The van der Waals surface area contributed by atoms with Crippen molar-refractivity contribution in [3.8, 4) is 11.5 Å². The second kappa shape index (κ2) is 9.09. The maximum atomic E-state index is 13.4. The smallest absolute Gasteiger partial charge is 0.225 e. The third-order valence-electron chi connectivity index (χ3n) is 4.53. The largest absolute Gasteiger partial charge is 0.493 e. The van der Waals surface area contributed by atoms with Crippen LogP contribution in [0.2, 0.25) is 0 Å². The molecule has 0 saturated carbocycles. The van der Waals surface area contributed by atoms with Crippen molar-refractivity contribution in [3.05, 3.63) is 76.0 Å². The normalized spacial score (nSPS) is 11.8. The number of halogens is 2. The predicted octanol–water partition coefficient (Wildman–Crippen LogP) is 3.79. The first-order valence-corrected chi connectivity index (χ1v) is 9.64. The predicted molar refractivity (Wildman–Crippen MR) is 111 cm³/mol. The van der Waals surface area contributed by atoms with E-state index in [2.05, 4.69) is 26.2 Å². The highest BCUT2D eigenvalue weighted by atomic mass is 79.9. The first-order valence-electron chi connectivity index (χ1n) is 8.85. The molecular weight excluding hydrogens is 441 g/mol. The first-order chi connectivity index (χ1) is 13.9. The molecule has 6 nitrogen and oxygen atoms in total. The third kappa shape index (κ3) is 4.76. The average molecular weight is 462 g/mol. The SMILES string of the molecule is COc1cc(Br)c(CC(=O)NC(c2ccc(F)cc2)c2nccn2C)cc1OC. The summed E-state index contributed by atoms with van der Waals surface area (Å²) in [4.78, 5) is 17.2. The minimum atomic E-state index is -0.512. The van der Waals surface area contributed by atoms with E-state index in [-0.39, 0.29) is 18.1 Å². The van der Waals surface area contributed by atoms with Crippen LogP contribution in [0.1, 0.15) is 23.0 Å². The quantitative estimate of drug-likeness (QED) is 0.581. The zero-order chi connectivity index (χ0) is 21.0. The van der Waals surface area contributed by atoms with Gasteiger partial charge in [-0.15, -0.1) is 0 Å². The first kappa shape index (κ1) is 20.9. The molecule has 0 radical (unpaired) electrons. The third-order valence-corrected chi connectivity index (χ3v) is 5.27. The Morgan fingerprint density at radius 2 is 1.86 bits per heavy atom. The number of aryl methyl sites for hydroxylation is 1. The van der Waals surface area contributed by atoms with Gasteiger partial charge in [-0.1, -0.05) is 28.1 Å². The summed E-state index contributed by atoms with van der Waals surface area (Å²) in [6.45, 7) is 0. The molecule has 152 valence electrons. The molecule has 1 N–H and O–H groups in total. The second-order valence-electron chi connectivity index (χ2n) is 6.42. The number of nitrogens with one attached hydrogen (secondary N) is 1. The summed E-state index contributed by atoms with van der Waals surface area (Å²) in [7, 11) is 4.94.